The zero-order valence-electron chi connectivity index (χ0n) is 11.7. The molecule has 0 aliphatic heterocycles. The van der Waals surface area contributed by atoms with Gasteiger partial charge in [-0.15, -0.1) is 0 Å². The lowest BCUT2D eigenvalue weighted by Crippen LogP contribution is -2.15. The summed E-state index contributed by atoms with van der Waals surface area (Å²) in [4.78, 5) is 29.8. The van der Waals surface area contributed by atoms with E-state index in [0.717, 1.165) is 0 Å². The van der Waals surface area contributed by atoms with Gasteiger partial charge in [0.2, 0.25) is 0 Å². The molecule has 7 nitrogen and oxygen atoms in total. The minimum atomic E-state index is -1.13. The molecule has 1 aromatic carbocycles. The third kappa shape index (κ3) is 2.80. The first-order valence-corrected chi connectivity index (χ1v) is 7.24. The minimum Gasteiger partial charge on any atom is -0.496 e. The molecular formula is C14H11N3O4S. The Morgan fingerprint density at radius 3 is 2.77 bits per heavy atom. The molecule has 2 aromatic rings. The molecule has 0 unspecified atom stereocenters. The topological polar surface area (TPSA) is 116 Å². The Morgan fingerprint density at radius 2 is 2.23 bits per heavy atom. The number of thioether (sulfide) groups is 1. The fourth-order valence-electron chi connectivity index (χ4n) is 1.87. The van der Waals surface area contributed by atoms with Crippen LogP contribution < -0.4 is 10.3 Å². The van der Waals surface area contributed by atoms with Gasteiger partial charge in [0.25, 0.3) is 5.56 Å². The monoisotopic (exact) mass is 317 g/mol. The Labute approximate surface area is 129 Å². The van der Waals surface area contributed by atoms with Crippen molar-refractivity contribution in [3.05, 3.63) is 39.7 Å². The van der Waals surface area contributed by atoms with Crippen LogP contribution in [0.1, 0.15) is 15.9 Å². The standard InChI is InChI=1S/C14H11N3O4S/c1-21-10-4-3-7(13(19)20)5-8(10)11-9(6-15)12(18)17-14(16-11)22-2/h3-5H,1-2H3,(H,19,20)(H,16,17,18). The van der Waals surface area contributed by atoms with E-state index in [2.05, 4.69) is 9.97 Å². The number of carbonyl (C=O) groups is 1. The zero-order valence-corrected chi connectivity index (χ0v) is 12.5. The van der Waals surface area contributed by atoms with Crippen LogP contribution in [0.5, 0.6) is 5.75 Å². The van der Waals surface area contributed by atoms with Crippen molar-refractivity contribution in [2.24, 2.45) is 0 Å². The van der Waals surface area contributed by atoms with Crippen LogP contribution in [0.15, 0.2) is 28.2 Å². The normalized spacial score (nSPS) is 10.0. The van der Waals surface area contributed by atoms with Gasteiger partial charge in [0, 0.05) is 5.56 Å². The van der Waals surface area contributed by atoms with E-state index in [4.69, 9.17) is 9.84 Å². The maximum Gasteiger partial charge on any atom is 0.335 e. The Hall–Kier alpha value is -2.79. The number of carboxylic acids is 1. The number of nitrogens with zero attached hydrogens (tertiary/aromatic N) is 2. The second-order valence-corrected chi connectivity index (χ2v) is 4.93. The van der Waals surface area contributed by atoms with Crippen LogP contribution in [-0.4, -0.2) is 34.4 Å². The van der Waals surface area contributed by atoms with Crippen molar-refractivity contribution in [2.75, 3.05) is 13.4 Å². The number of hydrogen-bond acceptors (Lipinski definition) is 6. The summed E-state index contributed by atoms with van der Waals surface area (Å²) in [5.41, 5.74) is -0.401. The number of aromatic nitrogens is 2. The summed E-state index contributed by atoms with van der Waals surface area (Å²) < 4.78 is 5.19. The molecule has 0 aliphatic rings. The number of H-pyrrole nitrogens is 1. The highest BCUT2D eigenvalue weighted by Gasteiger charge is 2.18. The number of hydrogen-bond donors (Lipinski definition) is 2. The Balaban J connectivity index is 2.83. The highest BCUT2D eigenvalue weighted by Crippen LogP contribution is 2.31. The van der Waals surface area contributed by atoms with E-state index in [-0.39, 0.29) is 22.4 Å². The van der Waals surface area contributed by atoms with Crippen LogP contribution in [0.3, 0.4) is 0 Å². The van der Waals surface area contributed by atoms with E-state index in [0.29, 0.717) is 10.9 Å². The Kier molecular flexibility index (Phi) is 4.48. The molecule has 2 N–H and O–H groups in total. The van der Waals surface area contributed by atoms with Crippen molar-refractivity contribution in [3.63, 3.8) is 0 Å². The summed E-state index contributed by atoms with van der Waals surface area (Å²) in [5.74, 6) is -0.802. The SMILES string of the molecule is COc1ccc(C(=O)O)cc1-c1nc(SC)[nH]c(=O)c1C#N. The number of rotatable bonds is 4. The average molecular weight is 317 g/mol. The molecule has 0 atom stereocenters. The van der Waals surface area contributed by atoms with Crippen molar-refractivity contribution in [1.29, 1.82) is 5.26 Å². The van der Waals surface area contributed by atoms with E-state index in [1.165, 1.54) is 37.1 Å². The molecule has 0 spiro atoms. The van der Waals surface area contributed by atoms with Crippen molar-refractivity contribution < 1.29 is 14.6 Å². The molecule has 0 fully saturated rings. The van der Waals surface area contributed by atoms with Gasteiger partial charge < -0.3 is 14.8 Å². The molecule has 8 heteroatoms. The zero-order chi connectivity index (χ0) is 16.3. The van der Waals surface area contributed by atoms with Crippen LogP contribution in [0.4, 0.5) is 0 Å². The van der Waals surface area contributed by atoms with Gasteiger partial charge in [-0.3, -0.25) is 4.79 Å². The molecule has 1 aromatic heterocycles. The summed E-state index contributed by atoms with van der Waals surface area (Å²) in [6.45, 7) is 0. The number of nitrogens with one attached hydrogen (secondary N) is 1. The molecule has 0 bridgehead atoms. The first-order valence-electron chi connectivity index (χ1n) is 6.02. The fraction of sp³-hybridized carbons (Fsp3) is 0.143. The molecule has 1 heterocycles. The van der Waals surface area contributed by atoms with Crippen LogP contribution in [0.2, 0.25) is 0 Å². The molecule has 0 saturated carbocycles. The largest absolute Gasteiger partial charge is 0.496 e. The van der Waals surface area contributed by atoms with Crippen LogP contribution in [-0.2, 0) is 0 Å². The van der Waals surface area contributed by atoms with Gasteiger partial charge in [-0.1, -0.05) is 11.8 Å². The van der Waals surface area contributed by atoms with Crippen molar-refractivity contribution in [3.8, 4) is 23.1 Å². The molecule has 0 radical (unpaired) electrons. The van der Waals surface area contributed by atoms with Crippen molar-refractivity contribution in [2.45, 2.75) is 5.16 Å². The van der Waals surface area contributed by atoms with E-state index < -0.39 is 11.5 Å². The second kappa shape index (κ2) is 6.32. The summed E-state index contributed by atoms with van der Waals surface area (Å²) in [6, 6.07) is 5.96. The van der Waals surface area contributed by atoms with Gasteiger partial charge in [-0.2, -0.15) is 5.26 Å². The van der Waals surface area contributed by atoms with Gasteiger partial charge in [0.1, 0.15) is 23.1 Å². The first-order chi connectivity index (χ1) is 10.5. The van der Waals surface area contributed by atoms with E-state index in [1.54, 1.807) is 12.3 Å². The Bertz CT molecular complexity index is 839. The lowest BCUT2D eigenvalue weighted by Gasteiger charge is -2.10. The number of carboxylic acid groups (broad SMARTS) is 1. The van der Waals surface area contributed by atoms with Gasteiger partial charge in [0.05, 0.1) is 12.7 Å². The predicted molar refractivity (Wildman–Crippen MR) is 80.3 cm³/mol. The second-order valence-electron chi connectivity index (χ2n) is 4.13. The molecule has 0 aliphatic carbocycles. The number of nitriles is 1. The maximum atomic E-state index is 12.0. The van der Waals surface area contributed by atoms with Gasteiger partial charge in [-0.25, -0.2) is 9.78 Å². The van der Waals surface area contributed by atoms with Crippen LogP contribution >= 0.6 is 11.8 Å². The first kappa shape index (κ1) is 15.6. The number of ether oxygens (including phenoxy) is 1. The third-order valence-corrected chi connectivity index (χ3v) is 3.48. The van der Waals surface area contributed by atoms with Gasteiger partial charge in [0.15, 0.2) is 5.16 Å². The number of aromatic carboxylic acids is 1. The van der Waals surface area contributed by atoms with Gasteiger partial charge in [-0.05, 0) is 24.5 Å². The highest BCUT2D eigenvalue weighted by molar-refractivity contribution is 7.98. The number of methoxy groups -OCH3 is 1. The van der Waals surface area contributed by atoms with E-state index in [1.807, 2.05) is 0 Å². The number of aromatic amines is 1. The van der Waals surface area contributed by atoms with Crippen LogP contribution in [0, 0.1) is 11.3 Å². The van der Waals surface area contributed by atoms with E-state index >= 15 is 0 Å². The van der Waals surface area contributed by atoms with E-state index in [9.17, 15) is 14.9 Å². The summed E-state index contributed by atoms with van der Waals surface area (Å²) in [7, 11) is 1.41. The number of benzene rings is 1. The summed E-state index contributed by atoms with van der Waals surface area (Å²) in [5, 5.41) is 18.6. The average Bonchev–Trinajstić information content (AvgIpc) is 2.53. The molecule has 2 rings (SSSR count). The predicted octanol–water partition coefficient (Wildman–Crippen LogP) is 1.74. The molecular weight excluding hydrogens is 306 g/mol. The smallest absolute Gasteiger partial charge is 0.335 e. The fourth-order valence-corrected chi connectivity index (χ4v) is 2.25. The third-order valence-electron chi connectivity index (χ3n) is 2.90. The minimum absolute atomic E-state index is 0.00692. The lowest BCUT2D eigenvalue weighted by atomic mass is 10.0. The van der Waals surface area contributed by atoms with Crippen molar-refractivity contribution in [1.82, 2.24) is 9.97 Å². The van der Waals surface area contributed by atoms with Gasteiger partial charge >= 0.3 is 5.97 Å². The Morgan fingerprint density at radius 1 is 1.50 bits per heavy atom. The quantitative estimate of drug-likeness (QED) is 0.651. The van der Waals surface area contributed by atoms with Crippen LogP contribution in [0.25, 0.3) is 11.3 Å². The molecule has 0 saturated heterocycles. The molecule has 112 valence electrons. The lowest BCUT2D eigenvalue weighted by molar-refractivity contribution is 0.0697. The maximum absolute atomic E-state index is 12.0. The molecule has 22 heavy (non-hydrogen) atoms. The highest BCUT2D eigenvalue weighted by atomic mass is 32.2. The van der Waals surface area contributed by atoms with Crippen molar-refractivity contribution >= 4 is 17.7 Å². The summed E-state index contributed by atoms with van der Waals surface area (Å²) >= 11 is 1.20. The molecule has 0 amide bonds. The summed E-state index contributed by atoms with van der Waals surface area (Å²) in [6.07, 6.45) is 1.72.